The molecule has 4 rings (SSSR count). The zero-order valence-corrected chi connectivity index (χ0v) is 14.2. The van der Waals surface area contributed by atoms with E-state index in [9.17, 15) is 9.59 Å². The number of aryl methyl sites for hydroxylation is 1. The fourth-order valence-corrected chi connectivity index (χ4v) is 3.43. The first-order chi connectivity index (χ1) is 12.0. The van der Waals surface area contributed by atoms with Gasteiger partial charge in [0.25, 0.3) is 5.56 Å². The molecule has 3 heterocycles. The molecule has 0 bridgehead atoms. The second kappa shape index (κ2) is 5.47. The number of hydrogen-bond acceptors (Lipinski definition) is 4. The van der Waals surface area contributed by atoms with Gasteiger partial charge in [-0.3, -0.25) is 19.9 Å². The van der Waals surface area contributed by atoms with Crippen molar-refractivity contribution in [1.82, 2.24) is 20.2 Å². The fraction of sp³-hybridized carbons (Fsp3) is 0.278. The first-order valence-electron chi connectivity index (χ1n) is 8.24. The second-order valence-corrected chi connectivity index (χ2v) is 6.69. The Labute approximate surface area is 143 Å². The van der Waals surface area contributed by atoms with Crippen LogP contribution in [0.4, 0.5) is 11.6 Å². The summed E-state index contributed by atoms with van der Waals surface area (Å²) in [6.45, 7) is 6.21. The summed E-state index contributed by atoms with van der Waals surface area (Å²) in [7, 11) is 0. The van der Waals surface area contributed by atoms with Gasteiger partial charge in [-0.1, -0.05) is 38.1 Å². The van der Waals surface area contributed by atoms with Gasteiger partial charge in [-0.05, 0) is 24.0 Å². The maximum Gasteiger partial charge on any atom is 0.327 e. The van der Waals surface area contributed by atoms with Crippen molar-refractivity contribution < 1.29 is 0 Å². The zero-order valence-electron chi connectivity index (χ0n) is 14.2. The molecule has 0 amide bonds. The predicted octanol–water partition coefficient (Wildman–Crippen LogP) is 2.46. The fourth-order valence-electron chi connectivity index (χ4n) is 3.43. The molecule has 0 spiro atoms. The van der Waals surface area contributed by atoms with Gasteiger partial charge in [-0.15, -0.1) is 0 Å². The SMILES string of the molecule is Cc1[nH]nc2c1[C@@H](c1ccc(C(C)C)cc1)c1c([nH]c(=O)[nH]c1=O)N2. The lowest BCUT2D eigenvalue weighted by Gasteiger charge is -2.26. The number of anilines is 2. The summed E-state index contributed by atoms with van der Waals surface area (Å²) >= 11 is 0. The average Bonchev–Trinajstić information content (AvgIpc) is 2.93. The first-order valence-corrected chi connectivity index (χ1v) is 8.24. The van der Waals surface area contributed by atoms with Crippen molar-refractivity contribution in [3.05, 3.63) is 73.1 Å². The van der Waals surface area contributed by atoms with Crippen molar-refractivity contribution >= 4 is 11.6 Å². The van der Waals surface area contributed by atoms with Gasteiger partial charge in [0, 0.05) is 17.2 Å². The molecule has 25 heavy (non-hydrogen) atoms. The lowest BCUT2D eigenvalue weighted by molar-refractivity contribution is 0.855. The van der Waals surface area contributed by atoms with Gasteiger partial charge in [0.05, 0.1) is 5.56 Å². The van der Waals surface area contributed by atoms with Crippen molar-refractivity contribution in [2.75, 3.05) is 5.32 Å². The van der Waals surface area contributed by atoms with Crippen molar-refractivity contribution in [1.29, 1.82) is 0 Å². The number of rotatable bonds is 2. The molecule has 1 aliphatic heterocycles. The molecule has 0 aliphatic carbocycles. The normalized spacial score (nSPS) is 15.6. The van der Waals surface area contributed by atoms with E-state index in [0.29, 0.717) is 23.1 Å². The molecule has 7 nitrogen and oxygen atoms in total. The third-order valence-corrected chi connectivity index (χ3v) is 4.73. The number of benzene rings is 1. The third kappa shape index (κ3) is 2.39. The summed E-state index contributed by atoms with van der Waals surface area (Å²) in [6, 6.07) is 8.24. The minimum absolute atomic E-state index is 0.299. The molecule has 3 aromatic rings. The highest BCUT2D eigenvalue weighted by Crippen LogP contribution is 2.42. The van der Waals surface area contributed by atoms with E-state index in [1.165, 1.54) is 5.56 Å². The summed E-state index contributed by atoms with van der Waals surface area (Å²) in [4.78, 5) is 29.2. The largest absolute Gasteiger partial charge is 0.327 e. The third-order valence-electron chi connectivity index (χ3n) is 4.73. The van der Waals surface area contributed by atoms with Crippen LogP contribution in [0.3, 0.4) is 0 Å². The molecule has 2 aromatic heterocycles. The van der Waals surface area contributed by atoms with E-state index >= 15 is 0 Å². The number of nitrogens with zero attached hydrogens (tertiary/aromatic N) is 1. The quantitative estimate of drug-likeness (QED) is 0.451. The molecule has 0 saturated heterocycles. The topological polar surface area (TPSA) is 106 Å². The predicted molar refractivity (Wildman–Crippen MR) is 95.8 cm³/mol. The minimum Gasteiger partial charge on any atom is -0.324 e. The smallest absolute Gasteiger partial charge is 0.324 e. The van der Waals surface area contributed by atoms with Crippen LogP contribution in [0.1, 0.15) is 53.6 Å². The zero-order chi connectivity index (χ0) is 17.7. The van der Waals surface area contributed by atoms with Crippen LogP contribution in [0.5, 0.6) is 0 Å². The van der Waals surface area contributed by atoms with Gasteiger partial charge in [-0.25, -0.2) is 4.79 Å². The Morgan fingerprint density at radius 1 is 1.04 bits per heavy atom. The Morgan fingerprint density at radius 3 is 2.44 bits per heavy atom. The molecule has 1 atom stereocenters. The van der Waals surface area contributed by atoms with Gasteiger partial charge >= 0.3 is 5.69 Å². The molecule has 7 heteroatoms. The molecule has 128 valence electrons. The van der Waals surface area contributed by atoms with Crippen LogP contribution in [-0.4, -0.2) is 20.2 Å². The van der Waals surface area contributed by atoms with Crippen LogP contribution in [0.15, 0.2) is 33.9 Å². The van der Waals surface area contributed by atoms with E-state index in [0.717, 1.165) is 16.8 Å². The first kappa shape index (κ1) is 15.4. The lowest BCUT2D eigenvalue weighted by atomic mass is 9.83. The van der Waals surface area contributed by atoms with Gasteiger partial charge in [0.1, 0.15) is 5.82 Å². The second-order valence-electron chi connectivity index (χ2n) is 6.69. The van der Waals surface area contributed by atoms with E-state index in [1.54, 1.807) is 0 Å². The molecular formula is C18H19N5O2. The molecule has 0 fully saturated rings. The Bertz CT molecular complexity index is 1060. The van der Waals surface area contributed by atoms with Crippen molar-refractivity contribution in [2.24, 2.45) is 0 Å². The van der Waals surface area contributed by atoms with Gasteiger partial charge < -0.3 is 5.32 Å². The van der Waals surface area contributed by atoms with Gasteiger partial charge in [0.2, 0.25) is 0 Å². The van der Waals surface area contributed by atoms with Crippen molar-refractivity contribution in [2.45, 2.75) is 32.6 Å². The van der Waals surface area contributed by atoms with Gasteiger partial charge in [-0.2, -0.15) is 5.10 Å². The molecule has 4 N–H and O–H groups in total. The van der Waals surface area contributed by atoms with Gasteiger partial charge in [0.15, 0.2) is 5.82 Å². The highest BCUT2D eigenvalue weighted by Gasteiger charge is 2.33. The number of aromatic amines is 3. The van der Waals surface area contributed by atoms with E-state index in [4.69, 9.17) is 0 Å². The van der Waals surface area contributed by atoms with Crippen LogP contribution in [-0.2, 0) is 0 Å². The van der Waals surface area contributed by atoms with Crippen LogP contribution in [0.2, 0.25) is 0 Å². The van der Waals surface area contributed by atoms with E-state index in [-0.39, 0.29) is 5.92 Å². The molecule has 0 radical (unpaired) electrons. The van der Waals surface area contributed by atoms with Crippen LogP contribution < -0.4 is 16.6 Å². The maximum absolute atomic E-state index is 12.5. The Morgan fingerprint density at radius 2 is 1.76 bits per heavy atom. The Hall–Kier alpha value is -3.09. The number of H-pyrrole nitrogens is 3. The maximum atomic E-state index is 12.5. The van der Waals surface area contributed by atoms with E-state index in [2.05, 4.69) is 51.5 Å². The number of fused-ring (bicyclic) bond motifs is 2. The van der Waals surface area contributed by atoms with Crippen molar-refractivity contribution in [3.63, 3.8) is 0 Å². The number of nitrogens with one attached hydrogen (secondary N) is 4. The number of aromatic nitrogens is 4. The standard InChI is InChI=1S/C18H19N5O2/c1-8(2)10-4-6-11(7-5-10)13-12-9(3)22-23-16(12)19-15-14(13)17(24)21-18(25)20-15/h4-8,13H,1-3H3,(H4,19,20,21,22,23,24,25)/t13-/m1/s1. The molecule has 1 aliphatic rings. The summed E-state index contributed by atoms with van der Waals surface area (Å²) in [5, 5.41) is 10.3. The monoisotopic (exact) mass is 337 g/mol. The summed E-state index contributed by atoms with van der Waals surface area (Å²) < 4.78 is 0. The average molecular weight is 337 g/mol. The summed E-state index contributed by atoms with van der Waals surface area (Å²) in [6.07, 6.45) is 0. The summed E-state index contributed by atoms with van der Waals surface area (Å²) in [5.41, 5.74) is 3.58. The molecule has 0 unspecified atom stereocenters. The Kier molecular flexibility index (Phi) is 3.38. The van der Waals surface area contributed by atoms with Crippen molar-refractivity contribution in [3.8, 4) is 0 Å². The highest BCUT2D eigenvalue weighted by molar-refractivity contribution is 5.71. The molecular weight excluding hydrogens is 318 g/mol. The number of hydrogen-bond donors (Lipinski definition) is 4. The molecule has 0 saturated carbocycles. The Balaban J connectivity index is 1.96. The van der Waals surface area contributed by atoms with Crippen LogP contribution in [0, 0.1) is 6.92 Å². The van der Waals surface area contributed by atoms with Crippen LogP contribution >= 0.6 is 0 Å². The lowest BCUT2D eigenvalue weighted by Crippen LogP contribution is -2.31. The van der Waals surface area contributed by atoms with Crippen LogP contribution in [0.25, 0.3) is 0 Å². The summed E-state index contributed by atoms with van der Waals surface area (Å²) in [5.74, 6) is 1.15. The van der Waals surface area contributed by atoms with E-state index < -0.39 is 11.2 Å². The molecule has 1 aromatic carbocycles. The minimum atomic E-state index is -0.541. The highest BCUT2D eigenvalue weighted by atomic mass is 16.2. The van der Waals surface area contributed by atoms with E-state index in [1.807, 2.05) is 19.1 Å².